The van der Waals surface area contributed by atoms with E-state index in [0.29, 0.717) is 19.3 Å². The average Bonchev–Trinajstić information content (AvgIpc) is 2.20. The normalized spacial score (nSPS) is 12.3. The van der Waals surface area contributed by atoms with E-state index in [9.17, 15) is 9.90 Å². The molecule has 0 saturated carbocycles. The van der Waals surface area contributed by atoms with Crippen LogP contribution >= 0.6 is 0 Å². The van der Waals surface area contributed by atoms with Crippen molar-refractivity contribution in [3.8, 4) is 11.5 Å². The van der Waals surface area contributed by atoms with Gasteiger partial charge in [-0.15, -0.1) is 0 Å². The molecule has 1 rings (SSSR count). The van der Waals surface area contributed by atoms with Crippen molar-refractivity contribution in [1.29, 1.82) is 0 Å². The molecule has 1 atom stereocenters. The quantitative estimate of drug-likeness (QED) is 0.716. The Morgan fingerprint density at radius 1 is 1.38 bits per heavy atom. The first kappa shape index (κ1) is 12.4. The van der Waals surface area contributed by atoms with Gasteiger partial charge < -0.3 is 15.3 Å². The molecule has 4 nitrogen and oxygen atoms in total. The summed E-state index contributed by atoms with van der Waals surface area (Å²) < 4.78 is 0. The summed E-state index contributed by atoms with van der Waals surface area (Å²) in [5, 5.41) is 27.3. The Labute approximate surface area is 94.2 Å². The monoisotopic (exact) mass is 224 g/mol. The Bertz CT molecular complexity index is 373. The number of aromatic hydroxyl groups is 2. The molecule has 1 aromatic carbocycles. The van der Waals surface area contributed by atoms with E-state index in [-0.39, 0.29) is 17.4 Å². The van der Waals surface area contributed by atoms with Crippen LogP contribution < -0.4 is 0 Å². The lowest BCUT2D eigenvalue weighted by Crippen LogP contribution is -2.09. The number of carbonyl (C=O) groups is 1. The molecule has 0 heterocycles. The van der Waals surface area contributed by atoms with Crippen molar-refractivity contribution in [3.05, 3.63) is 23.8 Å². The van der Waals surface area contributed by atoms with E-state index in [1.165, 1.54) is 12.1 Å². The van der Waals surface area contributed by atoms with Gasteiger partial charge in [0.2, 0.25) is 0 Å². The molecule has 0 radical (unpaired) electrons. The largest absolute Gasteiger partial charge is 0.508 e. The summed E-state index contributed by atoms with van der Waals surface area (Å²) in [6.45, 7) is 1.67. The molecule has 0 spiro atoms. The van der Waals surface area contributed by atoms with Crippen LogP contribution in [0.25, 0.3) is 0 Å². The summed E-state index contributed by atoms with van der Waals surface area (Å²) >= 11 is 0. The molecular formula is C12H16O4. The SMILES string of the molecule is CC(CCCc1ccc(O)cc1O)C(=O)O. The number of carboxylic acid groups (broad SMARTS) is 1. The fraction of sp³-hybridized carbons (Fsp3) is 0.417. The smallest absolute Gasteiger partial charge is 0.306 e. The standard InChI is InChI=1S/C12H16O4/c1-8(12(15)16)3-2-4-9-5-6-10(13)7-11(9)14/h5-8,13-14H,2-4H2,1H3,(H,15,16). The highest BCUT2D eigenvalue weighted by atomic mass is 16.4. The van der Waals surface area contributed by atoms with Gasteiger partial charge in [-0.25, -0.2) is 0 Å². The van der Waals surface area contributed by atoms with Gasteiger partial charge in [0.05, 0.1) is 5.92 Å². The Kier molecular flexibility index (Phi) is 4.17. The molecule has 88 valence electrons. The second-order valence-corrected chi connectivity index (χ2v) is 3.94. The average molecular weight is 224 g/mol. The summed E-state index contributed by atoms with van der Waals surface area (Å²) in [4.78, 5) is 10.6. The lowest BCUT2D eigenvalue weighted by atomic mass is 10.0. The zero-order valence-electron chi connectivity index (χ0n) is 9.18. The molecule has 0 aliphatic carbocycles. The second kappa shape index (κ2) is 5.39. The highest BCUT2D eigenvalue weighted by molar-refractivity contribution is 5.69. The number of phenolic OH excluding ortho intramolecular Hbond substituents is 2. The van der Waals surface area contributed by atoms with Crippen molar-refractivity contribution in [3.63, 3.8) is 0 Å². The summed E-state index contributed by atoms with van der Waals surface area (Å²) in [5.74, 6) is -1.07. The van der Waals surface area contributed by atoms with E-state index in [4.69, 9.17) is 10.2 Å². The zero-order valence-corrected chi connectivity index (χ0v) is 9.18. The number of benzene rings is 1. The van der Waals surface area contributed by atoms with Crippen LogP contribution in [0.4, 0.5) is 0 Å². The van der Waals surface area contributed by atoms with Gasteiger partial charge in [0.25, 0.3) is 0 Å². The van der Waals surface area contributed by atoms with Crippen molar-refractivity contribution in [1.82, 2.24) is 0 Å². The Hall–Kier alpha value is -1.71. The molecule has 0 bridgehead atoms. The van der Waals surface area contributed by atoms with Crippen LogP contribution in [0.2, 0.25) is 0 Å². The molecule has 0 fully saturated rings. The molecule has 0 aromatic heterocycles. The van der Waals surface area contributed by atoms with Crippen LogP contribution in [0, 0.1) is 5.92 Å². The van der Waals surface area contributed by atoms with E-state index in [2.05, 4.69) is 0 Å². The van der Waals surface area contributed by atoms with Crippen molar-refractivity contribution < 1.29 is 20.1 Å². The number of hydrogen-bond acceptors (Lipinski definition) is 3. The number of carboxylic acids is 1. The van der Waals surface area contributed by atoms with Gasteiger partial charge in [-0.05, 0) is 30.9 Å². The molecule has 3 N–H and O–H groups in total. The van der Waals surface area contributed by atoms with Crippen LogP contribution in [0.15, 0.2) is 18.2 Å². The number of aliphatic carboxylic acids is 1. The lowest BCUT2D eigenvalue weighted by Gasteiger charge is -2.07. The lowest BCUT2D eigenvalue weighted by molar-refractivity contribution is -0.141. The van der Waals surface area contributed by atoms with E-state index in [1.54, 1.807) is 13.0 Å². The summed E-state index contributed by atoms with van der Waals surface area (Å²) in [5.41, 5.74) is 0.732. The number of aryl methyl sites for hydroxylation is 1. The minimum Gasteiger partial charge on any atom is -0.508 e. The maximum Gasteiger partial charge on any atom is 0.306 e. The third-order valence-corrected chi connectivity index (χ3v) is 2.57. The first-order valence-electron chi connectivity index (χ1n) is 5.24. The topological polar surface area (TPSA) is 77.8 Å². The van der Waals surface area contributed by atoms with Gasteiger partial charge in [0, 0.05) is 6.07 Å². The van der Waals surface area contributed by atoms with Crippen LogP contribution in [0.5, 0.6) is 11.5 Å². The van der Waals surface area contributed by atoms with Gasteiger partial charge in [-0.1, -0.05) is 13.0 Å². The minimum atomic E-state index is -0.796. The summed E-state index contributed by atoms with van der Waals surface area (Å²) in [7, 11) is 0. The first-order valence-corrected chi connectivity index (χ1v) is 5.24. The molecule has 16 heavy (non-hydrogen) atoms. The van der Waals surface area contributed by atoms with Gasteiger partial charge in [0.15, 0.2) is 0 Å². The molecule has 1 unspecified atom stereocenters. The van der Waals surface area contributed by atoms with Gasteiger partial charge in [0.1, 0.15) is 11.5 Å². The molecular weight excluding hydrogens is 208 g/mol. The number of rotatable bonds is 5. The Morgan fingerprint density at radius 2 is 2.06 bits per heavy atom. The van der Waals surface area contributed by atoms with E-state index < -0.39 is 5.97 Å². The second-order valence-electron chi connectivity index (χ2n) is 3.94. The Morgan fingerprint density at radius 3 is 2.62 bits per heavy atom. The maximum atomic E-state index is 10.6. The van der Waals surface area contributed by atoms with Crippen LogP contribution in [0.1, 0.15) is 25.3 Å². The van der Waals surface area contributed by atoms with Crippen LogP contribution in [0.3, 0.4) is 0 Å². The van der Waals surface area contributed by atoms with Crippen molar-refractivity contribution >= 4 is 5.97 Å². The van der Waals surface area contributed by atoms with E-state index >= 15 is 0 Å². The van der Waals surface area contributed by atoms with Crippen molar-refractivity contribution in [2.24, 2.45) is 5.92 Å². The zero-order chi connectivity index (χ0) is 12.1. The Balaban J connectivity index is 2.46. The highest BCUT2D eigenvalue weighted by Crippen LogP contribution is 2.24. The first-order chi connectivity index (χ1) is 7.50. The summed E-state index contributed by atoms with van der Waals surface area (Å²) in [6, 6.07) is 4.45. The predicted octanol–water partition coefficient (Wildman–Crippen LogP) is 2.14. The molecule has 0 amide bonds. The molecule has 1 aromatic rings. The van der Waals surface area contributed by atoms with E-state index in [1.807, 2.05) is 0 Å². The molecule has 4 heteroatoms. The van der Waals surface area contributed by atoms with Crippen molar-refractivity contribution in [2.75, 3.05) is 0 Å². The number of hydrogen-bond donors (Lipinski definition) is 3. The third kappa shape index (κ3) is 3.46. The van der Waals surface area contributed by atoms with Gasteiger partial charge in [-0.2, -0.15) is 0 Å². The molecule has 0 saturated heterocycles. The van der Waals surface area contributed by atoms with Gasteiger partial charge in [-0.3, -0.25) is 4.79 Å². The highest BCUT2D eigenvalue weighted by Gasteiger charge is 2.10. The fourth-order valence-electron chi connectivity index (χ4n) is 1.49. The van der Waals surface area contributed by atoms with Crippen LogP contribution in [-0.4, -0.2) is 21.3 Å². The fourth-order valence-corrected chi connectivity index (χ4v) is 1.49. The molecule has 0 aliphatic heterocycles. The number of phenols is 2. The van der Waals surface area contributed by atoms with Crippen molar-refractivity contribution in [2.45, 2.75) is 26.2 Å². The minimum absolute atomic E-state index is 0.0279. The molecule has 0 aliphatic rings. The maximum absolute atomic E-state index is 10.6. The predicted molar refractivity (Wildman–Crippen MR) is 59.5 cm³/mol. The third-order valence-electron chi connectivity index (χ3n) is 2.57. The van der Waals surface area contributed by atoms with E-state index in [0.717, 1.165) is 5.56 Å². The summed E-state index contributed by atoms with van der Waals surface area (Å²) in [6.07, 6.45) is 1.89. The van der Waals surface area contributed by atoms with Crippen LogP contribution in [-0.2, 0) is 11.2 Å². The van der Waals surface area contributed by atoms with Gasteiger partial charge >= 0.3 is 5.97 Å².